The third-order valence-corrected chi connectivity index (χ3v) is 2.77. The molecule has 66 valence electrons. The van der Waals surface area contributed by atoms with E-state index in [0.29, 0.717) is 0 Å². The van der Waals surface area contributed by atoms with Crippen LogP contribution in [0.1, 0.15) is 32.1 Å². The molecule has 12 heavy (non-hydrogen) atoms. The molecule has 0 radical (unpaired) electrons. The van der Waals surface area contributed by atoms with Gasteiger partial charge in [-0.25, -0.2) is 0 Å². The highest BCUT2D eigenvalue weighted by molar-refractivity contribution is 5.33. The van der Waals surface area contributed by atoms with Crippen molar-refractivity contribution in [3.05, 3.63) is 23.3 Å². The molecule has 0 amide bonds. The molecule has 1 heterocycles. The summed E-state index contributed by atoms with van der Waals surface area (Å²) in [7, 11) is 0. The van der Waals surface area contributed by atoms with Gasteiger partial charge in [0.25, 0.3) is 0 Å². The topological polar surface area (TPSA) is 12.0 Å². The number of nitrogens with one attached hydrogen (secondary N) is 1. The molecule has 0 saturated carbocycles. The van der Waals surface area contributed by atoms with Gasteiger partial charge in [0, 0.05) is 6.54 Å². The molecule has 0 bridgehead atoms. The molecule has 0 unspecified atom stereocenters. The molecule has 1 heteroatoms. The number of hydrogen-bond acceptors (Lipinski definition) is 1. The lowest BCUT2D eigenvalue weighted by atomic mass is 9.91. The van der Waals surface area contributed by atoms with E-state index in [1.54, 1.807) is 11.1 Å². The molecule has 2 rings (SSSR count). The molecule has 0 aromatic rings. The summed E-state index contributed by atoms with van der Waals surface area (Å²) in [6, 6.07) is 0. The first-order valence-electron chi connectivity index (χ1n) is 5.06. The van der Waals surface area contributed by atoms with E-state index in [0.717, 1.165) is 6.54 Å². The standard InChI is InChI=1S/C11H17N/c1-2-4-10(5-3-1)11-6-8-12-9-7-11/h4,6,12H,1-3,5,7-9H2. The Kier molecular flexibility index (Phi) is 2.62. The van der Waals surface area contributed by atoms with Gasteiger partial charge in [0.2, 0.25) is 0 Å². The molecule has 1 nitrogen and oxygen atoms in total. The molecular weight excluding hydrogens is 146 g/mol. The van der Waals surface area contributed by atoms with Crippen molar-refractivity contribution in [2.75, 3.05) is 13.1 Å². The van der Waals surface area contributed by atoms with Crippen LogP contribution in [-0.2, 0) is 0 Å². The van der Waals surface area contributed by atoms with Crippen molar-refractivity contribution >= 4 is 0 Å². The number of hydrogen-bond donors (Lipinski definition) is 1. The van der Waals surface area contributed by atoms with Gasteiger partial charge in [-0.15, -0.1) is 0 Å². The summed E-state index contributed by atoms with van der Waals surface area (Å²) in [5.41, 5.74) is 3.26. The van der Waals surface area contributed by atoms with Gasteiger partial charge in [0.15, 0.2) is 0 Å². The van der Waals surface area contributed by atoms with Crippen LogP contribution in [0.3, 0.4) is 0 Å². The van der Waals surface area contributed by atoms with Crippen LogP contribution in [-0.4, -0.2) is 13.1 Å². The van der Waals surface area contributed by atoms with E-state index in [1.165, 1.54) is 38.6 Å². The second-order valence-corrected chi connectivity index (χ2v) is 3.66. The van der Waals surface area contributed by atoms with Gasteiger partial charge in [-0.3, -0.25) is 0 Å². The van der Waals surface area contributed by atoms with Crippen molar-refractivity contribution in [3.8, 4) is 0 Å². The highest BCUT2D eigenvalue weighted by atomic mass is 14.8. The summed E-state index contributed by atoms with van der Waals surface area (Å²) in [6.07, 6.45) is 11.5. The fourth-order valence-electron chi connectivity index (χ4n) is 2.04. The lowest BCUT2D eigenvalue weighted by molar-refractivity contribution is 0.667. The van der Waals surface area contributed by atoms with Gasteiger partial charge >= 0.3 is 0 Å². The van der Waals surface area contributed by atoms with Gasteiger partial charge in [0.05, 0.1) is 0 Å². The maximum absolute atomic E-state index is 3.35. The van der Waals surface area contributed by atoms with Crippen LogP contribution in [0.5, 0.6) is 0 Å². The Morgan fingerprint density at radius 1 is 1.00 bits per heavy atom. The minimum Gasteiger partial charge on any atom is -0.313 e. The molecule has 0 spiro atoms. The van der Waals surface area contributed by atoms with Crippen molar-refractivity contribution in [1.82, 2.24) is 5.32 Å². The summed E-state index contributed by atoms with van der Waals surface area (Å²) in [6.45, 7) is 2.25. The van der Waals surface area contributed by atoms with Crippen molar-refractivity contribution in [2.45, 2.75) is 32.1 Å². The smallest absolute Gasteiger partial charge is 0.0140 e. The molecule has 1 N–H and O–H groups in total. The van der Waals surface area contributed by atoms with E-state index >= 15 is 0 Å². The van der Waals surface area contributed by atoms with Crippen LogP contribution < -0.4 is 5.32 Å². The Bertz CT molecular complexity index is 189. The predicted octanol–water partition coefficient (Wildman–Crippen LogP) is 2.41. The second-order valence-electron chi connectivity index (χ2n) is 3.66. The minimum absolute atomic E-state index is 1.08. The third-order valence-electron chi connectivity index (χ3n) is 2.77. The first-order valence-corrected chi connectivity index (χ1v) is 5.06. The number of rotatable bonds is 1. The lowest BCUT2D eigenvalue weighted by Gasteiger charge is -2.19. The maximum atomic E-state index is 3.35. The van der Waals surface area contributed by atoms with Gasteiger partial charge < -0.3 is 5.32 Å². The van der Waals surface area contributed by atoms with Crippen LogP contribution >= 0.6 is 0 Å². The second kappa shape index (κ2) is 3.90. The molecular formula is C11H17N. The zero-order valence-electron chi connectivity index (χ0n) is 7.60. The van der Waals surface area contributed by atoms with Gasteiger partial charge in [-0.05, 0) is 49.8 Å². The van der Waals surface area contributed by atoms with E-state index in [4.69, 9.17) is 0 Å². The van der Waals surface area contributed by atoms with Crippen LogP contribution in [0.25, 0.3) is 0 Å². The summed E-state index contributed by atoms with van der Waals surface area (Å²) in [4.78, 5) is 0. The molecule has 0 atom stereocenters. The Morgan fingerprint density at radius 3 is 2.58 bits per heavy atom. The van der Waals surface area contributed by atoms with Crippen molar-refractivity contribution < 1.29 is 0 Å². The molecule has 2 aliphatic rings. The maximum Gasteiger partial charge on any atom is 0.0140 e. The van der Waals surface area contributed by atoms with E-state index < -0.39 is 0 Å². The molecule has 0 aromatic carbocycles. The highest BCUT2D eigenvalue weighted by Crippen LogP contribution is 2.26. The van der Waals surface area contributed by atoms with Gasteiger partial charge in [0.1, 0.15) is 0 Å². The Hall–Kier alpha value is -0.560. The SMILES string of the molecule is C1=C(C2=CCNCC2)CCCC1. The average molecular weight is 163 g/mol. The Labute approximate surface area is 74.5 Å². The van der Waals surface area contributed by atoms with Crippen molar-refractivity contribution in [1.29, 1.82) is 0 Å². The fraction of sp³-hybridized carbons (Fsp3) is 0.636. The molecule has 0 saturated heterocycles. The van der Waals surface area contributed by atoms with E-state index in [9.17, 15) is 0 Å². The zero-order valence-corrected chi connectivity index (χ0v) is 7.60. The Balaban J connectivity index is 2.06. The van der Waals surface area contributed by atoms with E-state index in [-0.39, 0.29) is 0 Å². The third kappa shape index (κ3) is 1.78. The Morgan fingerprint density at radius 2 is 1.92 bits per heavy atom. The van der Waals surface area contributed by atoms with Crippen molar-refractivity contribution in [2.24, 2.45) is 0 Å². The normalized spacial score (nSPS) is 24.7. The molecule has 0 aromatic heterocycles. The first-order chi connectivity index (χ1) is 5.97. The zero-order chi connectivity index (χ0) is 8.23. The average Bonchev–Trinajstić information content (AvgIpc) is 2.21. The van der Waals surface area contributed by atoms with E-state index in [1.807, 2.05) is 0 Å². The van der Waals surface area contributed by atoms with Crippen LogP contribution in [0, 0.1) is 0 Å². The highest BCUT2D eigenvalue weighted by Gasteiger charge is 2.10. The first kappa shape index (κ1) is 8.06. The van der Waals surface area contributed by atoms with Crippen LogP contribution in [0.4, 0.5) is 0 Å². The summed E-state index contributed by atoms with van der Waals surface area (Å²) in [5.74, 6) is 0. The van der Waals surface area contributed by atoms with Gasteiger partial charge in [-0.1, -0.05) is 12.2 Å². The lowest BCUT2D eigenvalue weighted by Crippen LogP contribution is -2.21. The fourth-order valence-corrected chi connectivity index (χ4v) is 2.04. The minimum atomic E-state index is 1.08. The van der Waals surface area contributed by atoms with Crippen LogP contribution in [0.15, 0.2) is 23.3 Å². The van der Waals surface area contributed by atoms with E-state index in [2.05, 4.69) is 17.5 Å². The quantitative estimate of drug-likeness (QED) is 0.626. The summed E-state index contributed by atoms with van der Waals surface area (Å²) < 4.78 is 0. The predicted molar refractivity (Wildman–Crippen MR) is 52.1 cm³/mol. The van der Waals surface area contributed by atoms with Crippen molar-refractivity contribution in [3.63, 3.8) is 0 Å². The summed E-state index contributed by atoms with van der Waals surface area (Å²) in [5, 5.41) is 3.35. The van der Waals surface area contributed by atoms with Gasteiger partial charge in [-0.2, -0.15) is 0 Å². The molecule has 1 aliphatic carbocycles. The molecule has 1 aliphatic heterocycles. The summed E-state index contributed by atoms with van der Waals surface area (Å²) >= 11 is 0. The largest absolute Gasteiger partial charge is 0.313 e. The number of allylic oxidation sites excluding steroid dienone is 2. The van der Waals surface area contributed by atoms with Crippen LogP contribution in [0.2, 0.25) is 0 Å². The molecule has 0 fully saturated rings. The monoisotopic (exact) mass is 163 g/mol.